The molecule has 0 fully saturated rings. The Morgan fingerprint density at radius 3 is 2.80 bits per heavy atom. The number of rotatable bonds is 4. The molecule has 0 saturated carbocycles. The highest BCUT2D eigenvalue weighted by atomic mass is 35.5. The van der Waals surface area contributed by atoms with Crippen molar-refractivity contribution in [3.05, 3.63) is 28.2 Å². The molecule has 0 saturated heterocycles. The molecule has 20 heavy (non-hydrogen) atoms. The minimum Gasteiger partial charge on any atom is -0.351 e. The lowest BCUT2D eigenvalue weighted by atomic mass is 10.2. The van der Waals surface area contributed by atoms with Crippen molar-refractivity contribution in [1.29, 1.82) is 0 Å². The first-order valence-electron chi connectivity index (χ1n) is 5.98. The quantitative estimate of drug-likeness (QED) is 0.697. The maximum Gasteiger partial charge on any atom is 0.263 e. The van der Waals surface area contributed by atoms with Crippen molar-refractivity contribution < 1.29 is 4.79 Å². The van der Waals surface area contributed by atoms with Crippen LogP contribution in [0.25, 0.3) is 10.2 Å². The highest BCUT2D eigenvalue weighted by molar-refractivity contribution is 7.20. The molecule has 0 aliphatic carbocycles. The second kappa shape index (κ2) is 5.76. The SMILES string of the molecule is C=CCNc1nc(Cl)c2c(C)c(C(=O)N(C)C)sc2n1. The number of hydrogen-bond donors (Lipinski definition) is 1. The maximum atomic E-state index is 12.1. The second-order valence-corrected chi connectivity index (χ2v) is 5.80. The van der Waals surface area contributed by atoms with E-state index in [-0.39, 0.29) is 5.91 Å². The fourth-order valence-electron chi connectivity index (χ4n) is 1.74. The zero-order valence-electron chi connectivity index (χ0n) is 11.5. The van der Waals surface area contributed by atoms with Crippen LogP contribution >= 0.6 is 22.9 Å². The average Bonchev–Trinajstić information content (AvgIpc) is 2.73. The molecule has 0 bridgehead atoms. The summed E-state index contributed by atoms with van der Waals surface area (Å²) in [6.07, 6.45) is 1.71. The molecule has 0 aliphatic heterocycles. The number of nitrogens with one attached hydrogen (secondary N) is 1. The molecule has 0 atom stereocenters. The number of halogens is 1. The van der Waals surface area contributed by atoms with Gasteiger partial charge >= 0.3 is 0 Å². The number of aromatic nitrogens is 2. The largest absolute Gasteiger partial charge is 0.351 e. The molecule has 0 aliphatic rings. The summed E-state index contributed by atoms with van der Waals surface area (Å²) in [5.74, 6) is 0.384. The van der Waals surface area contributed by atoms with Crippen LogP contribution in [0.1, 0.15) is 15.2 Å². The van der Waals surface area contributed by atoms with Crippen molar-refractivity contribution in [2.24, 2.45) is 0 Å². The van der Waals surface area contributed by atoms with Gasteiger partial charge in [0.25, 0.3) is 5.91 Å². The first-order chi connectivity index (χ1) is 9.45. The van der Waals surface area contributed by atoms with Gasteiger partial charge in [-0.25, -0.2) is 9.97 Å². The lowest BCUT2D eigenvalue weighted by molar-refractivity contribution is 0.0831. The number of anilines is 1. The lowest BCUT2D eigenvalue weighted by Crippen LogP contribution is -2.21. The van der Waals surface area contributed by atoms with Gasteiger partial charge < -0.3 is 10.2 Å². The van der Waals surface area contributed by atoms with E-state index in [2.05, 4.69) is 21.9 Å². The van der Waals surface area contributed by atoms with Crippen molar-refractivity contribution in [3.63, 3.8) is 0 Å². The van der Waals surface area contributed by atoms with Crippen LogP contribution in [-0.4, -0.2) is 41.4 Å². The van der Waals surface area contributed by atoms with Crippen LogP contribution in [0.2, 0.25) is 5.15 Å². The van der Waals surface area contributed by atoms with Crippen LogP contribution in [0.3, 0.4) is 0 Å². The Morgan fingerprint density at radius 1 is 1.50 bits per heavy atom. The van der Waals surface area contributed by atoms with E-state index in [9.17, 15) is 4.79 Å². The van der Waals surface area contributed by atoms with Crippen molar-refractivity contribution >= 4 is 45.0 Å². The smallest absolute Gasteiger partial charge is 0.263 e. The summed E-state index contributed by atoms with van der Waals surface area (Å²) in [7, 11) is 3.44. The third kappa shape index (κ3) is 2.62. The van der Waals surface area contributed by atoms with Crippen LogP contribution in [0, 0.1) is 6.92 Å². The maximum absolute atomic E-state index is 12.1. The van der Waals surface area contributed by atoms with Crippen LogP contribution in [0.5, 0.6) is 0 Å². The molecule has 0 spiro atoms. The van der Waals surface area contributed by atoms with E-state index in [0.717, 1.165) is 10.9 Å². The predicted octanol–water partition coefficient (Wildman–Crippen LogP) is 2.95. The van der Waals surface area contributed by atoms with Crippen molar-refractivity contribution in [2.75, 3.05) is 26.0 Å². The molecule has 1 amide bonds. The van der Waals surface area contributed by atoms with Crippen LogP contribution in [0.15, 0.2) is 12.7 Å². The Balaban J connectivity index is 2.55. The predicted molar refractivity (Wildman–Crippen MR) is 83.9 cm³/mol. The van der Waals surface area contributed by atoms with E-state index >= 15 is 0 Å². The van der Waals surface area contributed by atoms with Gasteiger partial charge in [0.05, 0.1) is 10.3 Å². The van der Waals surface area contributed by atoms with Crippen molar-refractivity contribution in [3.8, 4) is 0 Å². The first kappa shape index (κ1) is 14.7. The van der Waals surface area contributed by atoms with Gasteiger partial charge in [-0.15, -0.1) is 17.9 Å². The fourth-order valence-corrected chi connectivity index (χ4v) is 3.31. The molecule has 2 aromatic rings. The minimum atomic E-state index is -0.0535. The summed E-state index contributed by atoms with van der Waals surface area (Å²) in [5.41, 5.74) is 0.823. The Kier molecular flexibility index (Phi) is 4.25. The highest BCUT2D eigenvalue weighted by Gasteiger charge is 2.20. The van der Waals surface area contributed by atoms with Gasteiger partial charge in [-0.3, -0.25) is 4.79 Å². The summed E-state index contributed by atoms with van der Waals surface area (Å²) in [6, 6.07) is 0. The number of hydrogen-bond acceptors (Lipinski definition) is 5. The molecular weight excluding hydrogens is 296 g/mol. The molecule has 5 nitrogen and oxygen atoms in total. The van der Waals surface area contributed by atoms with E-state index in [1.165, 1.54) is 16.2 Å². The Labute approximate surface area is 126 Å². The van der Waals surface area contributed by atoms with E-state index in [0.29, 0.717) is 27.4 Å². The highest BCUT2D eigenvalue weighted by Crippen LogP contribution is 2.34. The number of amides is 1. The molecule has 106 valence electrons. The fraction of sp³-hybridized carbons (Fsp3) is 0.308. The van der Waals surface area contributed by atoms with Gasteiger partial charge in [0.1, 0.15) is 9.98 Å². The van der Waals surface area contributed by atoms with Crippen molar-refractivity contribution in [2.45, 2.75) is 6.92 Å². The molecule has 2 heterocycles. The first-order valence-corrected chi connectivity index (χ1v) is 7.18. The zero-order chi connectivity index (χ0) is 14.9. The van der Waals surface area contributed by atoms with Gasteiger partial charge in [-0.2, -0.15) is 0 Å². The molecule has 2 aromatic heterocycles. The molecule has 0 unspecified atom stereocenters. The Morgan fingerprint density at radius 2 is 2.20 bits per heavy atom. The Bertz CT molecular complexity index is 681. The number of carbonyl (C=O) groups is 1. The third-order valence-corrected chi connectivity index (χ3v) is 4.20. The van der Waals surface area contributed by atoms with Gasteiger partial charge in [-0.05, 0) is 12.5 Å². The van der Waals surface area contributed by atoms with Gasteiger partial charge in [0.15, 0.2) is 0 Å². The summed E-state index contributed by atoms with van der Waals surface area (Å²) >= 11 is 7.54. The van der Waals surface area contributed by atoms with E-state index in [1.54, 1.807) is 20.2 Å². The van der Waals surface area contributed by atoms with Gasteiger partial charge in [0, 0.05) is 20.6 Å². The number of fused-ring (bicyclic) bond motifs is 1. The lowest BCUT2D eigenvalue weighted by Gasteiger charge is -2.08. The van der Waals surface area contributed by atoms with E-state index in [1.807, 2.05) is 6.92 Å². The zero-order valence-corrected chi connectivity index (χ0v) is 13.1. The molecular formula is C13H15ClN4OS. The number of carbonyl (C=O) groups excluding carboxylic acids is 1. The van der Waals surface area contributed by atoms with E-state index in [4.69, 9.17) is 11.6 Å². The summed E-state index contributed by atoms with van der Waals surface area (Å²) in [6.45, 7) is 6.04. The standard InChI is InChI=1S/C13H15ClN4OS/c1-5-6-15-13-16-10(14)8-7(2)9(12(19)18(3)4)20-11(8)17-13/h5H,1,6H2,2-4H3,(H,15,16,17). The second-order valence-electron chi connectivity index (χ2n) is 4.44. The average molecular weight is 311 g/mol. The van der Waals surface area contributed by atoms with Crippen LogP contribution in [0.4, 0.5) is 5.95 Å². The normalized spacial score (nSPS) is 10.6. The molecule has 0 radical (unpaired) electrons. The number of aryl methyl sites for hydroxylation is 1. The summed E-state index contributed by atoms with van der Waals surface area (Å²) in [5, 5.41) is 4.09. The van der Waals surface area contributed by atoms with Crippen LogP contribution in [-0.2, 0) is 0 Å². The Hall–Kier alpha value is -1.66. The molecule has 7 heteroatoms. The molecule has 1 N–H and O–H groups in total. The minimum absolute atomic E-state index is 0.0535. The monoisotopic (exact) mass is 310 g/mol. The summed E-state index contributed by atoms with van der Waals surface area (Å²) < 4.78 is 0. The summed E-state index contributed by atoms with van der Waals surface area (Å²) in [4.78, 5) is 23.6. The van der Waals surface area contributed by atoms with Gasteiger partial charge in [0.2, 0.25) is 5.95 Å². The number of thiophene rings is 1. The molecule has 2 rings (SSSR count). The third-order valence-electron chi connectivity index (χ3n) is 2.75. The van der Waals surface area contributed by atoms with Crippen molar-refractivity contribution in [1.82, 2.24) is 14.9 Å². The van der Waals surface area contributed by atoms with E-state index < -0.39 is 0 Å². The van der Waals surface area contributed by atoms with Crippen LogP contribution < -0.4 is 5.32 Å². The topological polar surface area (TPSA) is 58.1 Å². The van der Waals surface area contributed by atoms with Gasteiger partial charge in [-0.1, -0.05) is 17.7 Å². The number of nitrogens with zero attached hydrogens (tertiary/aromatic N) is 3. The molecule has 0 aromatic carbocycles.